The van der Waals surface area contributed by atoms with Gasteiger partial charge in [-0.25, -0.2) is 0 Å². The third kappa shape index (κ3) is 1.46. The van der Waals surface area contributed by atoms with E-state index in [0.717, 1.165) is 17.1 Å². The summed E-state index contributed by atoms with van der Waals surface area (Å²) in [6.07, 6.45) is 0. The smallest absolute Gasteiger partial charge is 0.0961 e. The molecular weight excluding hydrogens is 186 g/mol. The summed E-state index contributed by atoms with van der Waals surface area (Å²) in [6.45, 7) is 8.49. The van der Waals surface area contributed by atoms with Crippen molar-refractivity contribution in [3.05, 3.63) is 48.9 Å². The summed E-state index contributed by atoms with van der Waals surface area (Å²) in [7, 11) is 2.01. The monoisotopic (exact) mass is 201 g/mol. The van der Waals surface area contributed by atoms with Gasteiger partial charge < -0.3 is 15.5 Å². The van der Waals surface area contributed by atoms with Crippen LogP contribution >= 0.6 is 0 Å². The molecule has 0 saturated heterocycles. The first-order chi connectivity index (χ1) is 7.11. The van der Waals surface area contributed by atoms with E-state index in [-0.39, 0.29) is 0 Å². The lowest BCUT2D eigenvalue weighted by atomic mass is 10.1. The van der Waals surface area contributed by atoms with E-state index in [1.807, 2.05) is 30.1 Å². The molecule has 0 spiro atoms. The molecule has 3 heteroatoms. The number of hydrogen-bond acceptors (Lipinski definition) is 3. The highest BCUT2D eigenvalue weighted by Crippen LogP contribution is 2.35. The number of rotatable bonds is 1. The minimum absolute atomic E-state index is 0.552. The van der Waals surface area contributed by atoms with Crippen LogP contribution in [0.15, 0.2) is 48.9 Å². The fourth-order valence-electron chi connectivity index (χ4n) is 1.78. The summed E-state index contributed by atoms with van der Waals surface area (Å²) < 4.78 is 0. The Labute approximate surface area is 90.1 Å². The number of likely N-dealkylation sites (N-methyl/N-ethyl adjacent to an activating group) is 1. The van der Waals surface area contributed by atoms with Crippen molar-refractivity contribution >= 4 is 11.4 Å². The molecule has 0 atom stereocenters. The number of hydrogen-bond donors (Lipinski definition) is 1. The van der Waals surface area contributed by atoms with Crippen LogP contribution in [-0.2, 0) is 0 Å². The molecule has 15 heavy (non-hydrogen) atoms. The molecule has 0 fully saturated rings. The zero-order chi connectivity index (χ0) is 11.0. The van der Waals surface area contributed by atoms with Gasteiger partial charge in [0.2, 0.25) is 0 Å². The zero-order valence-corrected chi connectivity index (χ0v) is 8.90. The molecule has 0 amide bonds. The molecule has 0 bridgehead atoms. The lowest BCUT2D eigenvalue weighted by Gasteiger charge is -2.38. The number of nitrogens with two attached hydrogens (primary N) is 1. The summed E-state index contributed by atoms with van der Waals surface area (Å²) in [5.74, 6) is 0.552. The van der Waals surface area contributed by atoms with Gasteiger partial charge in [0, 0.05) is 12.7 Å². The van der Waals surface area contributed by atoms with E-state index >= 15 is 0 Å². The summed E-state index contributed by atoms with van der Waals surface area (Å²) in [4.78, 5) is 4.05. The van der Waals surface area contributed by atoms with Crippen LogP contribution in [0.1, 0.15) is 0 Å². The average Bonchev–Trinajstić information content (AvgIpc) is 2.23. The van der Waals surface area contributed by atoms with Crippen molar-refractivity contribution in [2.45, 2.75) is 0 Å². The van der Waals surface area contributed by atoms with Crippen LogP contribution in [0, 0.1) is 0 Å². The molecular formula is C12H15N3. The van der Waals surface area contributed by atoms with Gasteiger partial charge in [-0.05, 0) is 12.1 Å². The Morgan fingerprint density at radius 3 is 2.53 bits per heavy atom. The Kier molecular flexibility index (Phi) is 2.15. The number of fused-ring (bicyclic) bond motifs is 1. The SMILES string of the molecule is C=C1CN(C(=C)N)c2ccccc2N1C. The van der Waals surface area contributed by atoms with Crippen LogP contribution in [0.25, 0.3) is 0 Å². The lowest BCUT2D eigenvalue weighted by molar-refractivity contribution is 0.880. The maximum Gasteiger partial charge on any atom is 0.0961 e. The van der Waals surface area contributed by atoms with E-state index < -0.39 is 0 Å². The van der Waals surface area contributed by atoms with Crippen LogP contribution in [0.2, 0.25) is 0 Å². The van der Waals surface area contributed by atoms with Crippen molar-refractivity contribution in [1.29, 1.82) is 0 Å². The molecule has 0 aromatic heterocycles. The van der Waals surface area contributed by atoms with Gasteiger partial charge >= 0.3 is 0 Å². The first-order valence-electron chi connectivity index (χ1n) is 4.83. The molecule has 0 saturated carbocycles. The molecule has 0 unspecified atom stereocenters. The number of nitrogens with zero attached hydrogens (tertiary/aromatic N) is 2. The van der Waals surface area contributed by atoms with Crippen LogP contribution in [0.5, 0.6) is 0 Å². The Morgan fingerprint density at radius 2 is 1.93 bits per heavy atom. The van der Waals surface area contributed by atoms with Crippen molar-refractivity contribution in [2.75, 3.05) is 23.4 Å². The molecule has 2 N–H and O–H groups in total. The molecule has 1 aliphatic rings. The first-order valence-corrected chi connectivity index (χ1v) is 4.83. The second-order valence-electron chi connectivity index (χ2n) is 3.69. The third-order valence-corrected chi connectivity index (χ3v) is 2.70. The van der Waals surface area contributed by atoms with Gasteiger partial charge in [-0.1, -0.05) is 25.3 Å². The van der Waals surface area contributed by atoms with Gasteiger partial charge in [-0.15, -0.1) is 0 Å². The van der Waals surface area contributed by atoms with Crippen LogP contribution in [-0.4, -0.2) is 13.6 Å². The normalized spacial score (nSPS) is 15.1. The van der Waals surface area contributed by atoms with Gasteiger partial charge in [0.15, 0.2) is 0 Å². The van der Waals surface area contributed by atoms with Crippen LogP contribution in [0.3, 0.4) is 0 Å². The second kappa shape index (κ2) is 3.35. The number of para-hydroxylation sites is 2. The largest absolute Gasteiger partial charge is 0.386 e. The Bertz CT molecular complexity index is 423. The predicted octanol–water partition coefficient (Wildman–Crippen LogP) is 1.89. The minimum atomic E-state index is 0.552. The van der Waals surface area contributed by atoms with Crippen molar-refractivity contribution in [3.8, 4) is 0 Å². The summed E-state index contributed by atoms with van der Waals surface area (Å²) >= 11 is 0. The third-order valence-electron chi connectivity index (χ3n) is 2.70. The van der Waals surface area contributed by atoms with Gasteiger partial charge in [0.25, 0.3) is 0 Å². The van der Waals surface area contributed by atoms with Crippen LogP contribution in [0.4, 0.5) is 11.4 Å². The van der Waals surface area contributed by atoms with E-state index in [1.165, 1.54) is 0 Å². The molecule has 1 aliphatic heterocycles. The van der Waals surface area contributed by atoms with E-state index in [9.17, 15) is 0 Å². The Hall–Kier alpha value is -1.90. The number of benzene rings is 1. The molecule has 78 valence electrons. The van der Waals surface area contributed by atoms with Gasteiger partial charge in [-0.2, -0.15) is 0 Å². The van der Waals surface area contributed by atoms with Crippen molar-refractivity contribution in [3.63, 3.8) is 0 Å². The molecule has 1 aromatic rings. The fourth-order valence-corrected chi connectivity index (χ4v) is 1.78. The lowest BCUT2D eigenvalue weighted by Crippen LogP contribution is -2.38. The van der Waals surface area contributed by atoms with Gasteiger partial charge in [0.05, 0.1) is 23.7 Å². The maximum atomic E-state index is 5.76. The van der Waals surface area contributed by atoms with Crippen LogP contribution < -0.4 is 15.5 Å². The van der Waals surface area contributed by atoms with Crippen molar-refractivity contribution in [1.82, 2.24) is 0 Å². The van der Waals surface area contributed by atoms with Crippen molar-refractivity contribution < 1.29 is 0 Å². The maximum absolute atomic E-state index is 5.76. The van der Waals surface area contributed by atoms with Crippen molar-refractivity contribution in [2.24, 2.45) is 5.73 Å². The topological polar surface area (TPSA) is 32.5 Å². The summed E-state index contributed by atoms with van der Waals surface area (Å²) in [5, 5.41) is 0. The van der Waals surface area contributed by atoms with Gasteiger partial charge in [-0.3, -0.25) is 0 Å². The van der Waals surface area contributed by atoms with E-state index in [0.29, 0.717) is 12.4 Å². The zero-order valence-electron chi connectivity index (χ0n) is 8.90. The molecule has 3 nitrogen and oxygen atoms in total. The van der Waals surface area contributed by atoms with E-state index in [2.05, 4.69) is 24.1 Å². The minimum Gasteiger partial charge on any atom is -0.386 e. The number of anilines is 2. The Morgan fingerprint density at radius 1 is 1.33 bits per heavy atom. The average molecular weight is 201 g/mol. The summed E-state index contributed by atoms with van der Waals surface area (Å²) in [5.41, 5.74) is 8.97. The molecule has 1 aromatic carbocycles. The second-order valence-corrected chi connectivity index (χ2v) is 3.69. The molecule has 0 radical (unpaired) electrons. The van der Waals surface area contributed by atoms with E-state index in [4.69, 9.17) is 5.73 Å². The predicted molar refractivity (Wildman–Crippen MR) is 64.7 cm³/mol. The highest BCUT2D eigenvalue weighted by molar-refractivity contribution is 5.78. The Balaban J connectivity index is 2.54. The van der Waals surface area contributed by atoms with Gasteiger partial charge in [0.1, 0.15) is 0 Å². The molecule has 0 aliphatic carbocycles. The first kappa shape index (κ1) is 9.65. The quantitative estimate of drug-likeness (QED) is 0.753. The van der Waals surface area contributed by atoms with E-state index in [1.54, 1.807) is 0 Å². The highest BCUT2D eigenvalue weighted by atomic mass is 15.3. The molecule has 2 rings (SSSR count). The summed E-state index contributed by atoms with van der Waals surface area (Å²) in [6, 6.07) is 8.09. The fraction of sp³-hybridized carbons (Fsp3) is 0.167. The standard InChI is InChI=1S/C12H15N3/c1-9-8-15(10(2)13)12-7-5-4-6-11(12)14(9)3/h4-7H,1-2,8,13H2,3H3. The highest BCUT2D eigenvalue weighted by Gasteiger charge is 2.22. The molecule has 1 heterocycles.